The summed E-state index contributed by atoms with van der Waals surface area (Å²) in [5.41, 5.74) is 2.86. The third kappa shape index (κ3) is 6.83. The largest absolute Gasteiger partial charge is 0.356 e. The minimum atomic E-state index is 1.01. The van der Waals surface area contributed by atoms with Crippen molar-refractivity contribution in [2.45, 2.75) is 39.5 Å². The Hall–Kier alpha value is -1.81. The number of benzene rings is 1. The lowest BCUT2D eigenvalue weighted by Crippen LogP contribution is -2.44. The van der Waals surface area contributed by atoms with Crippen LogP contribution in [0.25, 0.3) is 6.08 Å². The molecule has 2 rings (SSSR count). The van der Waals surface area contributed by atoms with Crippen LogP contribution in [0.3, 0.4) is 0 Å². The zero-order valence-corrected chi connectivity index (χ0v) is 16.9. The van der Waals surface area contributed by atoms with E-state index in [9.17, 15) is 0 Å². The molecule has 1 fully saturated rings. The molecule has 4 nitrogen and oxygen atoms in total. The van der Waals surface area contributed by atoms with Gasteiger partial charge in [0.2, 0.25) is 0 Å². The highest BCUT2D eigenvalue weighted by atomic mass is 15.3. The van der Waals surface area contributed by atoms with E-state index in [4.69, 9.17) is 0 Å². The molecule has 1 saturated heterocycles. The van der Waals surface area contributed by atoms with Gasteiger partial charge in [-0.15, -0.1) is 0 Å². The summed E-state index contributed by atoms with van der Waals surface area (Å²) in [5, 5.41) is 3.55. The molecule has 0 amide bonds. The maximum absolute atomic E-state index is 4.49. The summed E-state index contributed by atoms with van der Waals surface area (Å²) in [6.07, 6.45) is 7.04. The molecule has 0 unspecified atom stereocenters. The van der Waals surface area contributed by atoms with Crippen molar-refractivity contribution in [1.82, 2.24) is 15.1 Å². The SMILES string of the molecule is CCN(CC)CCCCNC(=NC)N1CCC(=Cc2ccccc2)CC1. The Morgan fingerprint density at radius 1 is 1.12 bits per heavy atom. The molecule has 0 radical (unpaired) electrons. The summed E-state index contributed by atoms with van der Waals surface area (Å²) in [7, 11) is 1.90. The molecule has 1 heterocycles. The minimum absolute atomic E-state index is 1.01. The van der Waals surface area contributed by atoms with E-state index in [2.05, 4.69) is 70.4 Å². The minimum Gasteiger partial charge on any atom is -0.356 e. The third-order valence-corrected chi connectivity index (χ3v) is 5.17. The summed E-state index contributed by atoms with van der Waals surface area (Å²) in [4.78, 5) is 9.37. The second-order valence-electron chi connectivity index (χ2n) is 6.91. The van der Waals surface area contributed by atoms with E-state index in [1.54, 1.807) is 5.57 Å². The van der Waals surface area contributed by atoms with Gasteiger partial charge in [0.15, 0.2) is 5.96 Å². The number of aliphatic imine (C=N–C) groups is 1. The number of piperidine rings is 1. The van der Waals surface area contributed by atoms with Gasteiger partial charge in [0, 0.05) is 26.7 Å². The lowest BCUT2D eigenvalue weighted by atomic mass is 10.0. The van der Waals surface area contributed by atoms with Crippen LogP contribution in [0, 0.1) is 0 Å². The molecule has 0 saturated carbocycles. The molecule has 26 heavy (non-hydrogen) atoms. The van der Waals surface area contributed by atoms with Crippen molar-refractivity contribution in [2.24, 2.45) is 4.99 Å². The molecule has 0 aliphatic carbocycles. The van der Waals surface area contributed by atoms with Gasteiger partial charge in [-0.2, -0.15) is 0 Å². The fraction of sp³-hybridized carbons (Fsp3) is 0.591. The Morgan fingerprint density at radius 3 is 2.42 bits per heavy atom. The van der Waals surface area contributed by atoms with Crippen molar-refractivity contribution in [2.75, 3.05) is 46.3 Å². The van der Waals surface area contributed by atoms with Crippen molar-refractivity contribution in [3.8, 4) is 0 Å². The second-order valence-corrected chi connectivity index (χ2v) is 6.91. The molecule has 1 aliphatic rings. The Kier molecular flexibility index (Phi) is 9.26. The molecule has 4 heteroatoms. The molecule has 1 aromatic carbocycles. The van der Waals surface area contributed by atoms with E-state index in [1.807, 2.05) is 7.05 Å². The highest BCUT2D eigenvalue weighted by Gasteiger charge is 2.16. The Morgan fingerprint density at radius 2 is 1.81 bits per heavy atom. The number of unbranched alkanes of at least 4 members (excludes halogenated alkanes) is 1. The number of likely N-dealkylation sites (tertiary alicyclic amines) is 1. The van der Waals surface area contributed by atoms with E-state index in [0.717, 1.165) is 51.5 Å². The van der Waals surface area contributed by atoms with Gasteiger partial charge in [-0.3, -0.25) is 4.99 Å². The molecule has 0 spiro atoms. The van der Waals surface area contributed by atoms with Gasteiger partial charge in [-0.25, -0.2) is 0 Å². The monoisotopic (exact) mass is 356 g/mol. The quantitative estimate of drug-likeness (QED) is 0.436. The number of nitrogens with one attached hydrogen (secondary N) is 1. The van der Waals surface area contributed by atoms with Crippen molar-refractivity contribution < 1.29 is 0 Å². The molecule has 1 N–H and O–H groups in total. The molecular formula is C22H36N4. The summed E-state index contributed by atoms with van der Waals surface area (Å²) < 4.78 is 0. The standard InChI is InChI=1S/C22H36N4/c1-4-25(5-2)16-10-9-15-24-22(23-3)26-17-13-21(14-18-26)19-20-11-7-6-8-12-20/h6-8,11-12,19H,4-5,9-10,13-18H2,1-3H3,(H,23,24). The zero-order valence-electron chi connectivity index (χ0n) is 16.9. The number of guanidine groups is 1. The van der Waals surface area contributed by atoms with Crippen LogP contribution in [0.1, 0.15) is 45.1 Å². The first-order chi connectivity index (χ1) is 12.8. The highest BCUT2D eigenvalue weighted by molar-refractivity contribution is 5.80. The molecule has 0 aromatic heterocycles. The average molecular weight is 357 g/mol. The first-order valence-corrected chi connectivity index (χ1v) is 10.2. The van der Waals surface area contributed by atoms with Gasteiger partial charge in [0.1, 0.15) is 0 Å². The van der Waals surface area contributed by atoms with E-state index in [0.29, 0.717) is 0 Å². The fourth-order valence-electron chi connectivity index (χ4n) is 3.47. The van der Waals surface area contributed by atoms with Crippen molar-refractivity contribution >= 4 is 12.0 Å². The highest BCUT2D eigenvalue weighted by Crippen LogP contribution is 2.19. The average Bonchev–Trinajstić information content (AvgIpc) is 2.69. The van der Waals surface area contributed by atoms with E-state index in [1.165, 1.54) is 24.9 Å². The van der Waals surface area contributed by atoms with Crippen LogP contribution in [-0.4, -0.2) is 62.1 Å². The van der Waals surface area contributed by atoms with Crippen LogP contribution in [0.4, 0.5) is 0 Å². The maximum atomic E-state index is 4.49. The van der Waals surface area contributed by atoms with E-state index >= 15 is 0 Å². The van der Waals surface area contributed by atoms with Gasteiger partial charge in [0.25, 0.3) is 0 Å². The summed E-state index contributed by atoms with van der Waals surface area (Å²) in [5.74, 6) is 1.06. The normalized spacial score (nSPS) is 15.5. The summed E-state index contributed by atoms with van der Waals surface area (Å²) in [6, 6.07) is 10.6. The third-order valence-electron chi connectivity index (χ3n) is 5.17. The second kappa shape index (κ2) is 11.7. The number of rotatable bonds is 8. The lowest BCUT2D eigenvalue weighted by molar-refractivity contribution is 0.296. The maximum Gasteiger partial charge on any atom is 0.193 e. The van der Waals surface area contributed by atoms with Crippen molar-refractivity contribution in [3.63, 3.8) is 0 Å². The molecule has 1 aromatic rings. The van der Waals surface area contributed by atoms with Gasteiger partial charge in [-0.1, -0.05) is 55.8 Å². The number of hydrogen-bond acceptors (Lipinski definition) is 2. The van der Waals surface area contributed by atoms with Crippen molar-refractivity contribution in [3.05, 3.63) is 41.5 Å². The predicted molar refractivity (Wildman–Crippen MR) is 114 cm³/mol. The lowest BCUT2D eigenvalue weighted by Gasteiger charge is -2.31. The predicted octanol–water partition coefficient (Wildman–Crippen LogP) is 3.86. The van der Waals surface area contributed by atoms with Crippen LogP contribution in [0.2, 0.25) is 0 Å². The number of nitrogens with zero attached hydrogens (tertiary/aromatic N) is 3. The van der Waals surface area contributed by atoms with Crippen LogP contribution in [0.5, 0.6) is 0 Å². The van der Waals surface area contributed by atoms with Crippen LogP contribution in [-0.2, 0) is 0 Å². The molecule has 0 atom stereocenters. The Labute approximate surface area is 160 Å². The van der Waals surface area contributed by atoms with Crippen molar-refractivity contribution in [1.29, 1.82) is 0 Å². The summed E-state index contributed by atoms with van der Waals surface area (Å²) >= 11 is 0. The van der Waals surface area contributed by atoms with Crippen LogP contribution < -0.4 is 5.32 Å². The van der Waals surface area contributed by atoms with Gasteiger partial charge >= 0.3 is 0 Å². The molecule has 0 bridgehead atoms. The smallest absolute Gasteiger partial charge is 0.193 e. The first kappa shape index (κ1) is 20.5. The van der Waals surface area contributed by atoms with Gasteiger partial charge in [0.05, 0.1) is 0 Å². The fourth-order valence-corrected chi connectivity index (χ4v) is 3.47. The zero-order chi connectivity index (χ0) is 18.6. The Bertz CT molecular complexity index is 551. The van der Waals surface area contributed by atoms with Gasteiger partial charge < -0.3 is 15.1 Å². The topological polar surface area (TPSA) is 30.9 Å². The van der Waals surface area contributed by atoms with E-state index < -0.39 is 0 Å². The van der Waals surface area contributed by atoms with E-state index in [-0.39, 0.29) is 0 Å². The summed E-state index contributed by atoms with van der Waals surface area (Å²) in [6.45, 7) is 11.1. The Balaban J connectivity index is 1.70. The number of hydrogen-bond donors (Lipinski definition) is 1. The molecule has 1 aliphatic heterocycles. The molecule has 144 valence electrons. The first-order valence-electron chi connectivity index (χ1n) is 10.2. The van der Waals surface area contributed by atoms with Gasteiger partial charge in [-0.05, 0) is 50.9 Å². The van der Waals surface area contributed by atoms with Crippen LogP contribution >= 0.6 is 0 Å². The molecular weight excluding hydrogens is 320 g/mol. The van der Waals surface area contributed by atoms with Crippen LogP contribution in [0.15, 0.2) is 40.9 Å².